The Morgan fingerprint density at radius 2 is 1.35 bits per heavy atom. The molecule has 0 unspecified atom stereocenters. The number of aryl methyl sites for hydroxylation is 1. The Morgan fingerprint density at radius 1 is 0.677 bits per heavy atom. The topological polar surface area (TPSA) is 48.0 Å². The summed E-state index contributed by atoms with van der Waals surface area (Å²) in [6, 6.07) is 34.2. The van der Waals surface area contributed by atoms with Crippen LogP contribution in [0.25, 0.3) is 44.3 Å². The molecule has 0 fully saturated rings. The molecule has 3 heteroatoms. The van der Waals surface area contributed by atoms with E-state index in [1.54, 1.807) is 0 Å². The van der Waals surface area contributed by atoms with Crippen LogP contribution in [-0.4, -0.2) is 4.68 Å². The average Bonchev–Trinajstić information content (AvgIpc) is 2.82. The van der Waals surface area contributed by atoms with E-state index in [1.807, 2.05) is 97.9 Å². The summed E-state index contributed by atoms with van der Waals surface area (Å²) >= 11 is 0. The molecule has 150 valence electrons. The number of rotatable bonds is 3. The van der Waals surface area contributed by atoms with Gasteiger partial charge in [-0.05, 0) is 40.5 Å². The second-order valence-corrected chi connectivity index (χ2v) is 7.75. The molecule has 1 aromatic heterocycles. The van der Waals surface area contributed by atoms with Crippen molar-refractivity contribution in [3.8, 4) is 33.5 Å². The number of hydrogen-bond donors (Lipinski definition) is 1. The minimum atomic E-state index is -0.215. The average molecular weight is 402 g/mol. The van der Waals surface area contributed by atoms with Crippen LogP contribution in [0.5, 0.6) is 0 Å². The second kappa shape index (κ2) is 7.62. The summed E-state index contributed by atoms with van der Waals surface area (Å²) in [5.74, 6) is 6.39. The summed E-state index contributed by atoms with van der Waals surface area (Å²) in [5.41, 5.74) is 5.90. The van der Waals surface area contributed by atoms with Crippen molar-refractivity contribution in [2.75, 3.05) is 5.84 Å². The van der Waals surface area contributed by atoms with Gasteiger partial charge >= 0.3 is 0 Å². The highest BCUT2D eigenvalue weighted by molar-refractivity contribution is 6.00. The van der Waals surface area contributed by atoms with Crippen molar-refractivity contribution in [1.29, 1.82) is 0 Å². The molecule has 0 spiro atoms. The molecule has 31 heavy (non-hydrogen) atoms. The molecule has 2 N–H and O–H groups in total. The highest BCUT2D eigenvalue weighted by atomic mass is 16.1. The maximum atomic E-state index is 13.7. The second-order valence-electron chi connectivity index (χ2n) is 7.75. The van der Waals surface area contributed by atoms with Gasteiger partial charge < -0.3 is 5.84 Å². The van der Waals surface area contributed by atoms with Crippen molar-refractivity contribution in [2.24, 2.45) is 0 Å². The zero-order valence-electron chi connectivity index (χ0n) is 17.2. The Balaban J connectivity index is 1.87. The van der Waals surface area contributed by atoms with Gasteiger partial charge in [-0.15, -0.1) is 0 Å². The first-order valence-corrected chi connectivity index (χ1v) is 10.3. The van der Waals surface area contributed by atoms with Gasteiger partial charge in [0.2, 0.25) is 0 Å². The van der Waals surface area contributed by atoms with Gasteiger partial charge in [-0.1, -0.05) is 103 Å². The van der Waals surface area contributed by atoms with Gasteiger partial charge in [-0.2, -0.15) is 0 Å². The van der Waals surface area contributed by atoms with Gasteiger partial charge in [-0.25, -0.2) is 4.68 Å². The Labute approximate surface area is 181 Å². The fourth-order valence-corrected chi connectivity index (χ4v) is 4.12. The third-order valence-corrected chi connectivity index (χ3v) is 5.73. The summed E-state index contributed by atoms with van der Waals surface area (Å²) in [6.07, 6.45) is 0. The number of benzene rings is 4. The molecule has 0 aliphatic rings. The van der Waals surface area contributed by atoms with E-state index >= 15 is 0 Å². The molecule has 0 bridgehead atoms. The predicted molar refractivity (Wildman–Crippen MR) is 129 cm³/mol. The van der Waals surface area contributed by atoms with Crippen LogP contribution in [0.1, 0.15) is 5.56 Å². The van der Waals surface area contributed by atoms with Gasteiger partial charge in [0.15, 0.2) is 0 Å². The molecule has 0 saturated carbocycles. The van der Waals surface area contributed by atoms with Crippen molar-refractivity contribution < 1.29 is 0 Å². The molecule has 4 aromatic carbocycles. The number of aromatic nitrogens is 1. The first kappa shape index (κ1) is 18.9. The molecule has 0 radical (unpaired) electrons. The predicted octanol–water partition coefficient (Wildman–Crippen LogP) is 6.02. The third kappa shape index (κ3) is 3.30. The van der Waals surface area contributed by atoms with Crippen LogP contribution >= 0.6 is 0 Å². The minimum Gasteiger partial charge on any atom is -0.336 e. The van der Waals surface area contributed by atoms with Crippen LogP contribution in [-0.2, 0) is 0 Å². The Bertz CT molecular complexity index is 1440. The SMILES string of the molecule is Cc1ccc(-c2cc(-c3ccccc3)c(-c3cccc4ccccc34)c(=O)n2N)cc1. The molecular formula is C28H22N2O. The summed E-state index contributed by atoms with van der Waals surface area (Å²) in [4.78, 5) is 13.7. The van der Waals surface area contributed by atoms with Crippen LogP contribution in [0.3, 0.4) is 0 Å². The van der Waals surface area contributed by atoms with Gasteiger partial charge in [0.25, 0.3) is 5.56 Å². The Kier molecular flexibility index (Phi) is 4.64. The number of nitrogens with two attached hydrogens (primary N) is 1. The highest BCUT2D eigenvalue weighted by Gasteiger charge is 2.19. The zero-order chi connectivity index (χ0) is 21.4. The summed E-state index contributed by atoms with van der Waals surface area (Å²) in [5, 5.41) is 2.12. The standard InChI is InChI=1S/C28H22N2O/c1-19-14-16-22(17-15-19)26-18-25(21-8-3-2-4-9-21)27(28(31)30(26)29)24-13-7-11-20-10-5-6-12-23(20)24/h2-18H,29H2,1H3. The van der Waals surface area contributed by atoms with E-state index in [1.165, 1.54) is 4.68 Å². The zero-order valence-corrected chi connectivity index (χ0v) is 17.2. The third-order valence-electron chi connectivity index (χ3n) is 5.73. The fourth-order valence-electron chi connectivity index (χ4n) is 4.12. The number of pyridine rings is 1. The van der Waals surface area contributed by atoms with Crippen LogP contribution in [0.4, 0.5) is 0 Å². The van der Waals surface area contributed by atoms with E-state index in [2.05, 4.69) is 12.1 Å². The molecule has 0 atom stereocenters. The smallest absolute Gasteiger partial charge is 0.277 e. The first-order valence-electron chi connectivity index (χ1n) is 10.3. The van der Waals surface area contributed by atoms with Gasteiger partial charge in [-0.3, -0.25) is 4.79 Å². The van der Waals surface area contributed by atoms with E-state index in [4.69, 9.17) is 5.84 Å². The number of hydrogen-bond acceptors (Lipinski definition) is 2. The van der Waals surface area contributed by atoms with E-state index < -0.39 is 0 Å². The molecule has 5 rings (SSSR count). The van der Waals surface area contributed by atoms with Gasteiger partial charge in [0, 0.05) is 5.56 Å². The van der Waals surface area contributed by atoms with Crippen molar-refractivity contribution in [3.05, 3.63) is 119 Å². The number of fused-ring (bicyclic) bond motifs is 1. The maximum Gasteiger partial charge on any atom is 0.277 e. The highest BCUT2D eigenvalue weighted by Crippen LogP contribution is 2.36. The molecular weight excluding hydrogens is 380 g/mol. The number of nitrogen functional groups attached to an aromatic ring is 1. The first-order chi connectivity index (χ1) is 15.1. The molecule has 3 nitrogen and oxygen atoms in total. The van der Waals surface area contributed by atoms with E-state index in [-0.39, 0.29) is 5.56 Å². The molecule has 0 aliphatic heterocycles. The minimum absolute atomic E-state index is 0.215. The summed E-state index contributed by atoms with van der Waals surface area (Å²) in [7, 11) is 0. The molecule has 1 heterocycles. The van der Waals surface area contributed by atoms with Crippen molar-refractivity contribution in [2.45, 2.75) is 6.92 Å². The molecule has 5 aromatic rings. The van der Waals surface area contributed by atoms with Gasteiger partial charge in [0.05, 0.1) is 11.3 Å². The van der Waals surface area contributed by atoms with E-state index in [0.29, 0.717) is 11.3 Å². The maximum absolute atomic E-state index is 13.7. The lowest BCUT2D eigenvalue weighted by Crippen LogP contribution is -2.30. The fraction of sp³-hybridized carbons (Fsp3) is 0.0357. The Hall–Kier alpha value is -4.11. The van der Waals surface area contributed by atoms with Crippen LogP contribution < -0.4 is 11.4 Å². The lowest BCUT2D eigenvalue weighted by atomic mass is 9.91. The monoisotopic (exact) mass is 402 g/mol. The molecule has 0 aliphatic carbocycles. The quantitative estimate of drug-likeness (QED) is 0.375. The largest absolute Gasteiger partial charge is 0.336 e. The Morgan fingerprint density at radius 3 is 2.13 bits per heavy atom. The molecule has 0 amide bonds. The van der Waals surface area contributed by atoms with Crippen LogP contribution in [0.2, 0.25) is 0 Å². The van der Waals surface area contributed by atoms with Crippen molar-refractivity contribution in [3.63, 3.8) is 0 Å². The van der Waals surface area contributed by atoms with E-state index in [0.717, 1.165) is 38.6 Å². The van der Waals surface area contributed by atoms with Crippen molar-refractivity contribution >= 4 is 10.8 Å². The number of nitrogens with zero attached hydrogens (tertiary/aromatic N) is 1. The lowest BCUT2D eigenvalue weighted by Gasteiger charge is -2.17. The van der Waals surface area contributed by atoms with Crippen LogP contribution in [0, 0.1) is 6.92 Å². The molecule has 0 saturated heterocycles. The normalized spacial score (nSPS) is 11.0. The summed E-state index contributed by atoms with van der Waals surface area (Å²) in [6.45, 7) is 2.04. The van der Waals surface area contributed by atoms with Gasteiger partial charge in [0.1, 0.15) is 0 Å². The summed E-state index contributed by atoms with van der Waals surface area (Å²) < 4.78 is 1.27. The van der Waals surface area contributed by atoms with E-state index in [9.17, 15) is 4.79 Å². The van der Waals surface area contributed by atoms with Crippen molar-refractivity contribution in [1.82, 2.24) is 4.68 Å². The van der Waals surface area contributed by atoms with Crippen LogP contribution in [0.15, 0.2) is 108 Å². The lowest BCUT2D eigenvalue weighted by molar-refractivity contribution is 0.951.